The van der Waals surface area contributed by atoms with Crippen LogP contribution in [-0.4, -0.2) is 10.9 Å². The van der Waals surface area contributed by atoms with Gasteiger partial charge in [0.2, 0.25) is 0 Å². The van der Waals surface area contributed by atoms with Crippen molar-refractivity contribution in [2.24, 2.45) is 5.41 Å². The highest BCUT2D eigenvalue weighted by Gasteiger charge is 2.22. The van der Waals surface area contributed by atoms with E-state index in [1.54, 1.807) is 18.2 Å². The number of Topliss-reactive ketones (excluding diaryl/α,β-unsaturated/α-hetero) is 1. The topological polar surface area (TPSA) is 37.3 Å². The number of carbonyl (C=O) groups excluding carboxylic acids is 1. The fraction of sp³-hybridized carbons (Fsp3) is 0.364. The molecule has 0 amide bonds. The molecule has 2 heteroatoms. The Balaban J connectivity index is 3.03. The van der Waals surface area contributed by atoms with E-state index in [0.717, 1.165) is 0 Å². The van der Waals surface area contributed by atoms with Gasteiger partial charge < -0.3 is 5.11 Å². The number of carbonyl (C=O) groups is 1. The van der Waals surface area contributed by atoms with Crippen molar-refractivity contribution in [1.29, 1.82) is 0 Å². The maximum atomic E-state index is 11.7. The van der Waals surface area contributed by atoms with E-state index >= 15 is 0 Å². The standard InChI is InChI=1S/C11H14O2/c1-11(2,3)10(13)8-5-4-6-9(12)7-8/h4-7,12H,1-3H3. The van der Waals surface area contributed by atoms with Crippen LogP contribution in [0.1, 0.15) is 31.1 Å². The fourth-order valence-corrected chi connectivity index (χ4v) is 1.08. The first-order valence-corrected chi connectivity index (χ1v) is 4.25. The van der Waals surface area contributed by atoms with Crippen LogP contribution in [0.2, 0.25) is 0 Å². The Hall–Kier alpha value is -1.31. The minimum Gasteiger partial charge on any atom is -0.508 e. The van der Waals surface area contributed by atoms with E-state index in [0.29, 0.717) is 5.56 Å². The van der Waals surface area contributed by atoms with Gasteiger partial charge in [-0.05, 0) is 12.1 Å². The zero-order valence-electron chi connectivity index (χ0n) is 8.16. The monoisotopic (exact) mass is 178 g/mol. The summed E-state index contributed by atoms with van der Waals surface area (Å²) in [6.45, 7) is 5.58. The number of phenols is 1. The SMILES string of the molecule is CC(C)(C)C(=O)c1cccc(O)c1. The Kier molecular flexibility index (Phi) is 2.41. The maximum Gasteiger partial charge on any atom is 0.168 e. The molecule has 0 aliphatic carbocycles. The Labute approximate surface area is 78.2 Å². The predicted molar refractivity (Wildman–Crippen MR) is 51.9 cm³/mol. The number of rotatable bonds is 1. The number of aromatic hydroxyl groups is 1. The molecule has 2 nitrogen and oxygen atoms in total. The second-order valence-electron chi connectivity index (χ2n) is 4.13. The summed E-state index contributed by atoms with van der Waals surface area (Å²) in [4.78, 5) is 11.7. The van der Waals surface area contributed by atoms with Crippen molar-refractivity contribution in [2.45, 2.75) is 20.8 Å². The molecule has 0 aromatic heterocycles. The van der Waals surface area contributed by atoms with E-state index in [9.17, 15) is 9.90 Å². The van der Waals surface area contributed by atoms with Gasteiger partial charge in [0, 0.05) is 11.0 Å². The van der Waals surface area contributed by atoms with Gasteiger partial charge in [-0.2, -0.15) is 0 Å². The van der Waals surface area contributed by atoms with E-state index in [-0.39, 0.29) is 11.5 Å². The normalized spacial score (nSPS) is 11.3. The molecular formula is C11H14O2. The van der Waals surface area contributed by atoms with Crippen LogP contribution in [0.25, 0.3) is 0 Å². The summed E-state index contributed by atoms with van der Waals surface area (Å²) in [5.41, 5.74) is 0.167. The molecule has 70 valence electrons. The molecule has 0 fully saturated rings. The number of hydrogen-bond donors (Lipinski definition) is 1. The highest BCUT2D eigenvalue weighted by atomic mass is 16.3. The number of benzene rings is 1. The molecule has 0 unspecified atom stereocenters. The molecule has 0 aliphatic rings. The van der Waals surface area contributed by atoms with E-state index in [1.165, 1.54) is 6.07 Å². The Morgan fingerprint density at radius 3 is 2.38 bits per heavy atom. The largest absolute Gasteiger partial charge is 0.508 e. The quantitative estimate of drug-likeness (QED) is 0.671. The third-order valence-corrected chi connectivity index (χ3v) is 1.79. The molecule has 0 atom stereocenters. The molecule has 0 saturated heterocycles. The van der Waals surface area contributed by atoms with Crippen LogP contribution >= 0.6 is 0 Å². The molecule has 1 N–H and O–H groups in total. The molecular weight excluding hydrogens is 164 g/mol. The molecule has 1 aromatic carbocycles. The molecule has 0 saturated carbocycles. The molecule has 0 bridgehead atoms. The molecule has 1 rings (SSSR count). The zero-order chi connectivity index (χ0) is 10.1. The van der Waals surface area contributed by atoms with Crippen LogP contribution in [-0.2, 0) is 0 Å². The summed E-state index contributed by atoms with van der Waals surface area (Å²) < 4.78 is 0. The van der Waals surface area contributed by atoms with Crippen LogP contribution in [0.5, 0.6) is 5.75 Å². The van der Waals surface area contributed by atoms with Gasteiger partial charge in [-0.3, -0.25) is 4.79 Å². The first-order chi connectivity index (χ1) is 5.91. The molecule has 0 aliphatic heterocycles. The Bertz CT molecular complexity index is 321. The smallest absolute Gasteiger partial charge is 0.168 e. The van der Waals surface area contributed by atoms with E-state index in [4.69, 9.17) is 0 Å². The highest BCUT2D eigenvalue weighted by molar-refractivity contribution is 6.00. The number of phenolic OH excluding ortho intramolecular Hbond substituents is 1. The second-order valence-corrected chi connectivity index (χ2v) is 4.13. The minimum atomic E-state index is -0.395. The fourth-order valence-electron chi connectivity index (χ4n) is 1.08. The van der Waals surface area contributed by atoms with Gasteiger partial charge in [-0.25, -0.2) is 0 Å². The van der Waals surface area contributed by atoms with Crippen LogP contribution in [0, 0.1) is 5.41 Å². The highest BCUT2D eigenvalue weighted by Crippen LogP contribution is 2.22. The zero-order valence-corrected chi connectivity index (χ0v) is 8.16. The summed E-state index contributed by atoms with van der Waals surface area (Å²) in [5, 5.41) is 9.18. The average molecular weight is 178 g/mol. The summed E-state index contributed by atoms with van der Waals surface area (Å²) in [6, 6.07) is 6.44. The van der Waals surface area contributed by atoms with Crippen molar-refractivity contribution >= 4 is 5.78 Å². The van der Waals surface area contributed by atoms with E-state index in [1.807, 2.05) is 20.8 Å². The summed E-state index contributed by atoms with van der Waals surface area (Å²) in [6.07, 6.45) is 0. The molecule has 1 aromatic rings. The van der Waals surface area contributed by atoms with Crippen molar-refractivity contribution in [3.63, 3.8) is 0 Å². The third kappa shape index (κ3) is 2.31. The van der Waals surface area contributed by atoms with Crippen LogP contribution in [0.3, 0.4) is 0 Å². The van der Waals surface area contributed by atoms with Crippen LogP contribution < -0.4 is 0 Å². The summed E-state index contributed by atoms with van der Waals surface area (Å²) in [5.74, 6) is 0.179. The maximum absolute atomic E-state index is 11.7. The molecule has 13 heavy (non-hydrogen) atoms. The average Bonchev–Trinajstić information content (AvgIpc) is 2.01. The summed E-state index contributed by atoms with van der Waals surface area (Å²) in [7, 11) is 0. The van der Waals surface area contributed by atoms with Crippen LogP contribution in [0.15, 0.2) is 24.3 Å². The first kappa shape index (κ1) is 9.78. The van der Waals surface area contributed by atoms with Gasteiger partial charge in [0.25, 0.3) is 0 Å². The first-order valence-electron chi connectivity index (χ1n) is 4.25. The lowest BCUT2D eigenvalue weighted by Gasteiger charge is -2.16. The van der Waals surface area contributed by atoms with Gasteiger partial charge in [-0.15, -0.1) is 0 Å². The number of hydrogen-bond acceptors (Lipinski definition) is 2. The van der Waals surface area contributed by atoms with Crippen molar-refractivity contribution in [3.8, 4) is 5.75 Å². The van der Waals surface area contributed by atoms with Crippen molar-refractivity contribution in [3.05, 3.63) is 29.8 Å². The minimum absolute atomic E-state index is 0.0448. The van der Waals surface area contributed by atoms with Gasteiger partial charge in [0.05, 0.1) is 0 Å². The summed E-state index contributed by atoms with van der Waals surface area (Å²) >= 11 is 0. The van der Waals surface area contributed by atoms with Gasteiger partial charge >= 0.3 is 0 Å². The Morgan fingerprint density at radius 1 is 1.31 bits per heavy atom. The van der Waals surface area contributed by atoms with Crippen molar-refractivity contribution in [1.82, 2.24) is 0 Å². The lowest BCUT2D eigenvalue weighted by molar-refractivity contribution is 0.0858. The van der Waals surface area contributed by atoms with Gasteiger partial charge in [0.15, 0.2) is 5.78 Å². The van der Waals surface area contributed by atoms with Crippen molar-refractivity contribution in [2.75, 3.05) is 0 Å². The van der Waals surface area contributed by atoms with Crippen LogP contribution in [0.4, 0.5) is 0 Å². The third-order valence-electron chi connectivity index (χ3n) is 1.79. The Morgan fingerprint density at radius 2 is 1.92 bits per heavy atom. The second kappa shape index (κ2) is 3.21. The lowest BCUT2D eigenvalue weighted by atomic mass is 9.86. The predicted octanol–water partition coefficient (Wildman–Crippen LogP) is 2.62. The van der Waals surface area contributed by atoms with Gasteiger partial charge in [-0.1, -0.05) is 32.9 Å². The van der Waals surface area contributed by atoms with E-state index < -0.39 is 5.41 Å². The lowest BCUT2D eigenvalue weighted by Crippen LogP contribution is -2.19. The van der Waals surface area contributed by atoms with E-state index in [2.05, 4.69) is 0 Å². The molecule has 0 heterocycles. The van der Waals surface area contributed by atoms with Gasteiger partial charge in [0.1, 0.15) is 5.75 Å². The molecule has 0 spiro atoms. The van der Waals surface area contributed by atoms with Crippen molar-refractivity contribution < 1.29 is 9.90 Å². The number of ketones is 1. The molecule has 0 radical (unpaired) electrons.